The summed E-state index contributed by atoms with van der Waals surface area (Å²) in [4.78, 5) is 10.1. The highest BCUT2D eigenvalue weighted by Gasteiger charge is 1.99. The fraction of sp³-hybridized carbons (Fsp3) is 0.800. The molecule has 0 aromatic rings. The second kappa shape index (κ2) is 5.10. The average Bonchev–Trinajstić information content (AvgIpc) is 1.79. The number of nitrogens with one attached hydrogen (secondary N) is 1. The normalized spacial score (nSPS) is 10.0. The van der Waals surface area contributed by atoms with E-state index in [0.29, 0.717) is 0 Å². The van der Waals surface area contributed by atoms with Crippen LogP contribution in [0.4, 0.5) is 8.78 Å². The van der Waals surface area contributed by atoms with Crippen molar-refractivity contribution in [2.45, 2.75) is 13.5 Å². The molecule has 0 atom stereocenters. The number of ether oxygens (including phenoxy) is 1. The third-order valence-corrected chi connectivity index (χ3v) is 0.720. The minimum atomic E-state index is -2.76. The Hall–Kier alpha value is -0.710. The Morgan fingerprint density at radius 2 is 2.30 bits per heavy atom. The Morgan fingerprint density at radius 3 is 2.70 bits per heavy atom. The monoisotopic (exact) mass is 153 g/mol. The number of rotatable bonds is 4. The summed E-state index contributed by atoms with van der Waals surface area (Å²) in [6.07, 6.45) is 0. The molecule has 0 radical (unpaired) electrons. The van der Waals surface area contributed by atoms with Crippen LogP contribution in [0.15, 0.2) is 0 Å². The van der Waals surface area contributed by atoms with E-state index in [1.54, 1.807) is 0 Å². The largest absolute Gasteiger partial charge is 0.354 e. The van der Waals surface area contributed by atoms with E-state index in [-0.39, 0.29) is 19.1 Å². The van der Waals surface area contributed by atoms with Crippen LogP contribution >= 0.6 is 0 Å². The van der Waals surface area contributed by atoms with Crippen LogP contribution in [0.3, 0.4) is 0 Å². The van der Waals surface area contributed by atoms with Crippen molar-refractivity contribution >= 4 is 5.91 Å². The molecule has 0 heterocycles. The number of amides is 1. The van der Waals surface area contributed by atoms with Crippen LogP contribution in [-0.2, 0) is 9.53 Å². The lowest BCUT2D eigenvalue weighted by molar-refractivity contribution is -0.131. The van der Waals surface area contributed by atoms with E-state index in [0.717, 1.165) is 0 Å². The SMILES string of the molecule is CC(=O)NCCOC(F)F. The number of carbonyl (C=O) groups is 1. The van der Waals surface area contributed by atoms with Gasteiger partial charge in [0.1, 0.15) is 0 Å². The lowest BCUT2D eigenvalue weighted by Crippen LogP contribution is -2.25. The molecule has 0 aliphatic carbocycles. The van der Waals surface area contributed by atoms with Crippen molar-refractivity contribution in [1.82, 2.24) is 5.32 Å². The lowest BCUT2D eigenvalue weighted by atomic mass is 10.6. The maximum Gasteiger partial charge on any atom is 0.345 e. The van der Waals surface area contributed by atoms with Crippen LogP contribution < -0.4 is 5.32 Å². The molecule has 60 valence electrons. The van der Waals surface area contributed by atoms with Gasteiger partial charge >= 0.3 is 6.61 Å². The Morgan fingerprint density at radius 1 is 1.70 bits per heavy atom. The van der Waals surface area contributed by atoms with Crippen molar-refractivity contribution in [3.8, 4) is 0 Å². The molecule has 0 aromatic carbocycles. The molecule has 0 unspecified atom stereocenters. The third-order valence-electron chi connectivity index (χ3n) is 0.720. The zero-order valence-electron chi connectivity index (χ0n) is 5.56. The van der Waals surface area contributed by atoms with Crippen molar-refractivity contribution in [2.75, 3.05) is 13.2 Å². The van der Waals surface area contributed by atoms with Crippen LogP contribution in [0.1, 0.15) is 6.92 Å². The minimum Gasteiger partial charge on any atom is -0.354 e. The van der Waals surface area contributed by atoms with Crippen LogP contribution in [-0.4, -0.2) is 25.7 Å². The summed E-state index contributed by atoms with van der Waals surface area (Å²) in [5.74, 6) is -0.252. The molecule has 0 bridgehead atoms. The van der Waals surface area contributed by atoms with E-state index in [1.807, 2.05) is 0 Å². The summed E-state index contributed by atoms with van der Waals surface area (Å²) in [7, 11) is 0. The predicted molar refractivity (Wildman–Crippen MR) is 30.6 cm³/mol. The van der Waals surface area contributed by atoms with Crippen molar-refractivity contribution in [2.24, 2.45) is 0 Å². The molecule has 0 aliphatic heterocycles. The molecule has 0 saturated heterocycles. The molecule has 3 nitrogen and oxygen atoms in total. The number of carbonyl (C=O) groups excluding carboxylic acids is 1. The quantitative estimate of drug-likeness (QED) is 0.592. The molecule has 1 amide bonds. The van der Waals surface area contributed by atoms with Gasteiger partial charge in [0, 0.05) is 13.5 Å². The van der Waals surface area contributed by atoms with Gasteiger partial charge in [-0.05, 0) is 0 Å². The number of alkyl halides is 2. The van der Waals surface area contributed by atoms with Crippen LogP contribution in [0.25, 0.3) is 0 Å². The highest BCUT2D eigenvalue weighted by Crippen LogP contribution is 1.91. The summed E-state index contributed by atoms with van der Waals surface area (Å²) >= 11 is 0. The first-order valence-corrected chi connectivity index (χ1v) is 2.77. The van der Waals surface area contributed by atoms with E-state index in [9.17, 15) is 13.6 Å². The Kier molecular flexibility index (Phi) is 4.74. The van der Waals surface area contributed by atoms with E-state index in [1.165, 1.54) is 6.92 Å². The fourth-order valence-corrected chi connectivity index (χ4v) is 0.375. The van der Waals surface area contributed by atoms with Crippen LogP contribution in [0, 0.1) is 0 Å². The minimum absolute atomic E-state index is 0.125. The van der Waals surface area contributed by atoms with Gasteiger partial charge in [0.15, 0.2) is 0 Å². The number of halogens is 2. The lowest BCUT2D eigenvalue weighted by Gasteiger charge is -2.01. The van der Waals surface area contributed by atoms with E-state index >= 15 is 0 Å². The molecular weight excluding hydrogens is 144 g/mol. The molecule has 0 aromatic heterocycles. The first-order chi connectivity index (χ1) is 4.63. The van der Waals surface area contributed by atoms with E-state index in [4.69, 9.17) is 0 Å². The van der Waals surface area contributed by atoms with Gasteiger partial charge < -0.3 is 10.1 Å². The first-order valence-electron chi connectivity index (χ1n) is 2.77. The Bertz CT molecular complexity index is 108. The van der Waals surface area contributed by atoms with Crippen LogP contribution in [0.2, 0.25) is 0 Å². The molecule has 0 spiro atoms. The van der Waals surface area contributed by atoms with Gasteiger partial charge in [0.05, 0.1) is 6.61 Å². The second-order valence-corrected chi connectivity index (χ2v) is 1.61. The summed E-state index contributed by atoms with van der Waals surface area (Å²) in [5, 5.41) is 2.30. The highest BCUT2D eigenvalue weighted by molar-refractivity contribution is 5.72. The van der Waals surface area contributed by atoms with Gasteiger partial charge in [0.2, 0.25) is 5.91 Å². The molecule has 5 heteroatoms. The van der Waals surface area contributed by atoms with Gasteiger partial charge in [-0.3, -0.25) is 4.79 Å². The maximum absolute atomic E-state index is 11.2. The molecule has 0 aliphatic rings. The van der Waals surface area contributed by atoms with Crippen molar-refractivity contribution in [3.05, 3.63) is 0 Å². The Balaban J connectivity index is 2.98. The number of hydrogen-bond donors (Lipinski definition) is 1. The van der Waals surface area contributed by atoms with Gasteiger partial charge in [-0.1, -0.05) is 0 Å². The summed E-state index contributed by atoms with van der Waals surface area (Å²) in [6, 6.07) is 0. The predicted octanol–water partition coefficient (Wildman–Crippen LogP) is 0.362. The van der Waals surface area contributed by atoms with Crippen molar-refractivity contribution in [1.29, 1.82) is 0 Å². The molecule has 0 rings (SSSR count). The average molecular weight is 153 g/mol. The summed E-state index contributed by atoms with van der Waals surface area (Å²) in [5.41, 5.74) is 0. The Labute approximate surface area is 57.4 Å². The molecular formula is C5H9F2NO2. The first kappa shape index (κ1) is 9.29. The maximum atomic E-state index is 11.2. The molecule has 1 N–H and O–H groups in total. The van der Waals surface area contributed by atoms with Crippen molar-refractivity contribution in [3.63, 3.8) is 0 Å². The zero-order valence-corrected chi connectivity index (χ0v) is 5.56. The zero-order chi connectivity index (χ0) is 7.98. The van der Waals surface area contributed by atoms with Gasteiger partial charge in [-0.15, -0.1) is 0 Å². The van der Waals surface area contributed by atoms with Crippen LogP contribution in [0.5, 0.6) is 0 Å². The number of hydrogen-bond acceptors (Lipinski definition) is 2. The fourth-order valence-electron chi connectivity index (χ4n) is 0.375. The van der Waals surface area contributed by atoms with E-state index < -0.39 is 6.61 Å². The molecule has 0 saturated carbocycles. The third kappa shape index (κ3) is 7.29. The summed E-state index contributed by atoms with van der Waals surface area (Å²) in [6.45, 7) is -1.48. The highest BCUT2D eigenvalue weighted by atomic mass is 19.3. The smallest absolute Gasteiger partial charge is 0.345 e. The van der Waals surface area contributed by atoms with Gasteiger partial charge in [-0.2, -0.15) is 8.78 Å². The van der Waals surface area contributed by atoms with Gasteiger partial charge in [0.25, 0.3) is 0 Å². The molecule has 0 fully saturated rings. The summed E-state index contributed by atoms with van der Waals surface area (Å²) < 4.78 is 26.3. The standard InChI is InChI=1S/C5H9F2NO2/c1-4(9)8-2-3-10-5(6)7/h5H,2-3H2,1H3,(H,8,9). The van der Waals surface area contributed by atoms with Crippen molar-refractivity contribution < 1.29 is 18.3 Å². The molecule has 10 heavy (non-hydrogen) atoms. The topological polar surface area (TPSA) is 38.3 Å². The second-order valence-electron chi connectivity index (χ2n) is 1.61. The van der Waals surface area contributed by atoms with E-state index in [2.05, 4.69) is 10.1 Å². The van der Waals surface area contributed by atoms with Gasteiger partial charge in [-0.25, -0.2) is 0 Å².